The number of amides is 1. The van der Waals surface area contributed by atoms with Crippen molar-refractivity contribution >= 4 is 34.5 Å². The zero-order valence-electron chi connectivity index (χ0n) is 19.3. The first-order valence-electron chi connectivity index (χ1n) is 11.2. The second kappa shape index (κ2) is 9.73. The van der Waals surface area contributed by atoms with Gasteiger partial charge in [0.05, 0.1) is 17.4 Å². The van der Waals surface area contributed by atoms with Crippen molar-refractivity contribution in [3.63, 3.8) is 0 Å². The number of piperidine rings is 1. The van der Waals surface area contributed by atoms with Gasteiger partial charge in [0.2, 0.25) is 15.9 Å². The Balaban J connectivity index is 1.74. The Hall–Kier alpha value is -1.58. The van der Waals surface area contributed by atoms with Gasteiger partial charge in [0.1, 0.15) is 6.04 Å². The first-order valence-corrected chi connectivity index (χ1v) is 13.2. The minimum Gasteiger partial charge on any atom is -0.466 e. The zero-order valence-corrected chi connectivity index (χ0v) is 21.0. The summed E-state index contributed by atoms with van der Waals surface area (Å²) >= 11 is 4.49. The summed E-state index contributed by atoms with van der Waals surface area (Å²) in [5, 5.41) is -0.204. The molecule has 0 spiro atoms. The molecule has 0 radical (unpaired) electrons. The average Bonchev–Trinajstić information content (AvgIpc) is 3.15. The molecular weight excluding hydrogens is 448 g/mol. The van der Waals surface area contributed by atoms with Crippen molar-refractivity contribution < 1.29 is 22.7 Å². The van der Waals surface area contributed by atoms with Gasteiger partial charge in [-0.25, -0.2) is 8.42 Å². The normalized spacial score (nSPS) is 23.3. The lowest BCUT2D eigenvalue weighted by Gasteiger charge is -2.34. The first kappa shape index (κ1) is 25.1. The molecule has 1 aromatic rings. The highest BCUT2D eigenvalue weighted by atomic mass is 32.2. The fourth-order valence-electron chi connectivity index (χ4n) is 4.34. The number of benzene rings is 1. The molecule has 0 aromatic heterocycles. The van der Waals surface area contributed by atoms with Crippen molar-refractivity contribution in [2.45, 2.75) is 68.6 Å². The van der Waals surface area contributed by atoms with Crippen molar-refractivity contribution in [2.75, 3.05) is 26.2 Å². The SMILES string of the molecule is CCOC(=O)C1CCN(C(=O)[C@@H]2C[C@@H](S)CN2S(=O)(=O)c2ccc(C(C)(C)C)cc2)CC1. The number of rotatable bonds is 5. The van der Waals surface area contributed by atoms with E-state index in [-0.39, 0.29) is 39.9 Å². The van der Waals surface area contributed by atoms with Crippen LogP contribution in [0.3, 0.4) is 0 Å². The molecule has 2 fully saturated rings. The third-order valence-electron chi connectivity index (χ3n) is 6.27. The summed E-state index contributed by atoms with van der Waals surface area (Å²) in [7, 11) is -3.84. The van der Waals surface area contributed by atoms with Gasteiger partial charge in [-0.15, -0.1) is 0 Å². The predicted molar refractivity (Wildman–Crippen MR) is 126 cm³/mol. The van der Waals surface area contributed by atoms with Gasteiger partial charge in [0.25, 0.3) is 0 Å². The van der Waals surface area contributed by atoms with E-state index in [2.05, 4.69) is 33.4 Å². The first-order chi connectivity index (χ1) is 14.9. The zero-order chi connectivity index (χ0) is 23.7. The number of carbonyl (C=O) groups is 2. The van der Waals surface area contributed by atoms with Crippen molar-refractivity contribution in [1.29, 1.82) is 0 Å². The van der Waals surface area contributed by atoms with E-state index in [1.807, 2.05) is 12.1 Å². The number of likely N-dealkylation sites (tertiary alicyclic amines) is 1. The molecule has 178 valence electrons. The van der Waals surface area contributed by atoms with Gasteiger partial charge in [0.15, 0.2) is 0 Å². The van der Waals surface area contributed by atoms with Gasteiger partial charge in [0, 0.05) is 24.9 Å². The fourth-order valence-corrected chi connectivity index (χ4v) is 6.47. The van der Waals surface area contributed by atoms with E-state index in [0.29, 0.717) is 39.0 Å². The van der Waals surface area contributed by atoms with E-state index >= 15 is 0 Å². The molecule has 2 aliphatic rings. The maximum absolute atomic E-state index is 13.4. The van der Waals surface area contributed by atoms with Gasteiger partial charge >= 0.3 is 5.97 Å². The smallest absolute Gasteiger partial charge is 0.309 e. The lowest BCUT2D eigenvalue weighted by molar-refractivity contribution is -0.151. The molecule has 9 heteroatoms. The van der Waals surface area contributed by atoms with Crippen molar-refractivity contribution in [2.24, 2.45) is 5.92 Å². The van der Waals surface area contributed by atoms with Gasteiger partial charge < -0.3 is 9.64 Å². The van der Waals surface area contributed by atoms with Crippen LogP contribution in [0.25, 0.3) is 0 Å². The molecule has 2 saturated heterocycles. The minimum absolute atomic E-state index is 0.0830. The predicted octanol–water partition coefficient (Wildman–Crippen LogP) is 2.85. The molecule has 2 aliphatic heterocycles. The Kier molecular flexibility index (Phi) is 7.62. The summed E-state index contributed by atoms with van der Waals surface area (Å²) in [6.07, 6.45) is 1.43. The van der Waals surface area contributed by atoms with Crippen LogP contribution in [0.5, 0.6) is 0 Å². The number of nitrogens with zero attached hydrogens (tertiary/aromatic N) is 2. The number of sulfonamides is 1. The molecule has 0 N–H and O–H groups in total. The van der Waals surface area contributed by atoms with Crippen LogP contribution in [-0.2, 0) is 29.8 Å². The monoisotopic (exact) mass is 482 g/mol. The largest absolute Gasteiger partial charge is 0.466 e. The van der Waals surface area contributed by atoms with Crippen LogP contribution in [-0.4, -0.2) is 67.0 Å². The van der Waals surface area contributed by atoms with Crippen LogP contribution in [0.15, 0.2) is 29.2 Å². The van der Waals surface area contributed by atoms with E-state index in [0.717, 1.165) is 5.56 Å². The quantitative estimate of drug-likeness (QED) is 0.515. The number of hydrogen-bond acceptors (Lipinski definition) is 6. The number of hydrogen-bond donors (Lipinski definition) is 1. The lowest BCUT2D eigenvalue weighted by atomic mass is 9.87. The molecule has 0 aliphatic carbocycles. The highest BCUT2D eigenvalue weighted by Gasteiger charge is 2.45. The molecule has 7 nitrogen and oxygen atoms in total. The molecule has 2 heterocycles. The minimum atomic E-state index is -3.84. The van der Waals surface area contributed by atoms with E-state index in [9.17, 15) is 18.0 Å². The van der Waals surface area contributed by atoms with Crippen LogP contribution in [0, 0.1) is 5.92 Å². The Bertz CT molecular complexity index is 932. The van der Waals surface area contributed by atoms with Gasteiger partial charge in [-0.05, 0) is 49.3 Å². The number of esters is 1. The van der Waals surface area contributed by atoms with E-state index in [1.165, 1.54) is 4.31 Å². The number of thiol groups is 1. The second-order valence-electron chi connectivity index (χ2n) is 9.61. The molecule has 1 amide bonds. The summed E-state index contributed by atoms with van der Waals surface area (Å²) in [5.74, 6) is -0.640. The van der Waals surface area contributed by atoms with Crippen LogP contribution in [0.4, 0.5) is 0 Å². The summed E-state index contributed by atoms with van der Waals surface area (Å²) in [5.41, 5.74) is 0.961. The Morgan fingerprint density at radius 1 is 1.12 bits per heavy atom. The summed E-state index contributed by atoms with van der Waals surface area (Å²) in [4.78, 5) is 27.1. The van der Waals surface area contributed by atoms with Crippen LogP contribution >= 0.6 is 12.6 Å². The van der Waals surface area contributed by atoms with Crippen LogP contribution in [0.2, 0.25) is 0 Å². The average molecular weight is 483 g/mol. The summed E-state index contributed by atoms with van der Waals surface area (Å²) in [6.45, 7) is 9.37. The van der Waals surface area contributed by atoms with E-state index in [4.69, 9.17) is 4.74 Å². The van der Waals surface area contributed by atoms with Crippen LogP contribution in [0.1, 0.15) is 52.5 Å². The highest BCUT2D eigenvalue weighted by Crippen LogP contribution is 2.32. The molecule has 0 bridgehead atoms. The van der Waals surface area contributed by atoms with Crippen LogP contribution < -0.4 is 0 Å². The third-order valence-corrected chi connectivity index (χ3v) is 8.54. The summed E-state index contributed by atoms with van der Waals surface area (Å²) in [6, 6.07) is 6.13. The molecule has 2 atom stereocenters. The summed E-state index contributed by atoms with van der Waals surface area (Å²) < 4.78 is 33.2. The molecule has 32 heavy (non-hydrogen) atoms. The topological polar surface area (TPSA) is 84.0 Å². The van der Waals surface area contributed by atoms with Gasteiger partial charge in [-0.3, -0.25) is 9.59 Å². The van der Waals surface area contributed by atoms with Gasteiger partial charge in [-0.2, -0.15) is 16.9 Å². The molecule has 0 unspecified atom stereocenters. The van der Waals surface area contributed by atoms with Gasteiger partial charge in [-0.1, -0.05) is 32.9 Å². The van der Waals surface area contributed by atoms with Crippen molar-refractivity contribution in [3.8, 4) is 0 Å². The highest BCUT2D eigenvalue weighted by molar-refractivity contribution is 7.89. The standard InChI is InChI=1S/C23H34N2O5S2/c1-5-30-22(27)16-10-12-24(13-11-16)21(26)20-14-18(31)15-25(20)32(28,29)19-8-6-17(7-9-19)23(2,3)4/h6-9,16,18,20,31H,5,10-15H2,1-4H3/t18-,20+/m1/s1. The fraction of sp³-hybridized carbons (Fsp3) is 0.652. The van der Waals surface area contributed by atoms with Crippen molar-refractivity contribution in [3.05, 3.63) is 29.8 Å². The molecule has 1 aromatic carbocycles. The Morgan fingerprint density at radius 2 is 1.72 bits per heavy atom. The third kappa shape index (κ3) is 5.31. The second-order valence-corrected chi connectivity index (χ2v) is 12.2. The Labute approximate surface area is 196 Å². The van der Waals surface area contributed by atoms with E-state index in [1.54, 1.807) is 24.0 Å². The lowest BCUT2D eigenvalue weighted by Crippen LogP contribution is -2.50. The maximum Gasteiger partial charge on any atom is 0.309 e. The molecule has 0 saturated carbocycles. The Morgan fingerprint density at radius 3 is 2.25 bits per heavy atom. The number of carbonyl (C=O) groups excluding carboxylic acids is 2. The maximum atomic E-state index is 13.4. The molecular formula is C23H34N2O5S2. The number of ether oxygens (including phenoxy) is 1. The van der Waals surface area contributed by atoms with Crippen molar-refractivity contribution in [1.82, 2.24) is 9.21 Å². The van der Waals surface area contributed by atoms with E-state index < -0.39 is 16.1 Å². The molecule has 3 rings (SSSR count).